The molecule has 3 aliphatic rings. The molecule has 1 saturated carbocycles. The van der Waals surface area contributed by atoms with Crippen LogP contribution < -0.4 is 0 Å². The number of hydrogen-bond donors (Lipinski definition) is 0. The van der Waals surface area contributed by atoms with Gasteiger partial charge in [-0.05, 0) is 43.4 Å². The van der Waals surface area contributed by atoms with Gasteiger partial charge in [-0.1, -0.05) is 31.1 Å². The minimum Gasteiger partial charge on any atom is -0.103 e. The van der Waals surface area contributed by atoms with Gasteiger partial charge in [0.2, 0.25) is 0 Å². The highest BCUT2D eigenvalue weighted by atomic mass is 14.5. The van der Waals surface area contributed by atoms with Crippen LogP contribution in [0.3, 0.4) is 0 Å². The predicted molar refractivity (Wildman–Crippen MR) is 57.5 cm³/mol. The van der Waals surface area contributed by atoms with Crippen LogP contribution in [0.25, 0.3) is 0 Å². The van der Waals surface area contributed by atoms with Crippen molar-refractivity contribution in [2.45, 2.75) is 40.0 Å². The fraction of sp³-hybridized carbons (Fsp3) is 0.692. The first-order valence-corrected chi connectivity index (χ1v) is 5.38. The average molecular weight is 176 g/mol. The third kappa shape index (κ3) is 1.11. The van der Waals surface area contributed by atoms with Crippen molar-refractivity contribution in [2.24, 2.45) is 17.3 Å². The Hall–Kier alpha value is -0.520. The van der Waals surface area contributed by atoms with E-state index < -0.39 is 0 Å². The largest absolute Gasteiger partial charge is 0.103 e. The van der Waals surface area contributed by atoms with Gasteiger partial charge < -0.3 is 0 Å². The van der Waals surface area contributed by atoms with E-state index in [2.05, 4.69) is 33.4 Å². The number of allylic oxidation sites excluding steroid dienone is 3. The molecule has 0 radical (unpaired) electrons. The number of fused-ring (bicyclic) bond motifs is 2. The zero-order valence-electron chi connectivity index (χ0n) is 9.06. The fourth-order valence-electron chi connectivity index (χ4n) is 3.17. The van der Waals surface area contributed by atoms with Gasteiger partial charge >= 0.3 is 0 Å². The van der Waals surface area contributed by atoms with E-state index in [9.17, 15) is 0 Å². The molecule has 3 rings (SSSR count). The lowest BCUT2D eigenvalue weighted by Gasteiger charge is -2.55. The molecule has 0 heterocycles. The van der Waals surface area contributed by atoms with E-state index in [1.54, 1.807) is 11.1 Å². The molecular weight excluding hydrogens is 156 g/mol. The summed E-state index contributed by atoms with van der Waals surface area (Å²) in [5.41, 5.74) is 3.95. The summed E-state index contributed by atoms with van der Waals surface area (Å²) in [5, 5.41) is 0. The lowest BCUT2D eigenvalue weighted by atomic mass is 9.50. The molecule has 1 fully saturated rings. The fourth-order valence-corrected chi connectivity index (χ4v) is 3.17. The van der Waals surface area contributed by atoms with Crippen LogP contribution in [0.5, 0.6) is 0 Å². The molecule has 0 heteroatoms. The van der Waals surface area contributed by atoms with Crippen LogP contribution in [-0.2, 0) is 0 Å². The van der Waals surface area contributed by atoms with E-state index in [-0.39, 0.29) is 0 Å². The summed E-state index contributed by atoms with van der Waals surface area (Å²) < 4.78 is 0. The van der Waals surface area contributed by atoms with Crippen LogP contribution in [0.15, 0.2) is 23.8 Å². The van der Waals surface area contributed by atoms with Gasteiger partial charge in [-0.15, -0.1) is 6.58 Å². The monoisotopic (exact) mass is 176 g/mol. The van der Waals surface area contributed by atoms with Gasteiger partial charge in [0, 0.05) is 0 Å². The molecular formula is C13H20. The summed E-state index contributed by atoms with van der Waals surface area (Å²) in [4.78, 5) is 0. The van der Waals surface area contributed by atoms with E-state index >= 15 is 0 Å². The van der Waals surface area contributed by atoms with Crippen LogP contribution in [0.4, 0.5) is 0 Å². The minimum absolute atomic E-state index is 0.530. The van der Waals surface area contributed by atoms with E-state index in [1.807, 2.05) is 0 Å². The van der Waals surface area contributed by atoms with Crippen LogP contribution in [0.2, 0.25) is 0 Å². The third-order valence-corrected chi connectivity index (χ3v) is 4.36. The number of hydrogen-bond acceptors (Lipinski definition) is 0. The maximum Gasteiger partial charge on any atom is -0.0110 e. The summed E-state index contributed by atoms with van der Waals surface area (Å²) >= 11 is 0. The molecule has 0 aromatic heterocycles. The van der Waals surface area contributed by atoms with Gasteiger partial charge in [0.25, 0.3) is 0 Å². The van der Waals surface area contributed by atoms with Gasteiger partial charge in [-0.2, -0.15) is 0 Å². The van der Waals surface area contributed by atoms with Gasteiger partial charge in [0.05, 0.1) is 0 Å². The third-order valence-electron chi connectivity index (χ3n) is 4.36. The summed E-state index contributed by atoms with van der Waals surface area (Å²) in [6.07, 6.45) is 6.04. The van der Waals surface area contributed by atoms with Crippen LogP contribution >= 0.6 is 0 Å². The molecule has 13 heavy (non-hydrogen) atoms. The zero-order chi connectivity index (χ0) is 9.64. The Labute approximate surface area is 81.7 Å². The normalized spacial score (nSPS) is 35.6. The molecule has 0 aliphatic heterocycles. The first-order valence-electron chi connectivity index (χ1n) is 5.38. The predicted octanol–water partition coefficient (Wildman–Crippen LogP) is 3.95. The molecule has 3 aliphatic carbocycles. The first kappa shape index (κ1) is 9.05. The summed E-state index contributed by atoms with van der Waals surface area (Å²) in [5.74, 6) is 1.77. The highest BCUT2D eigenvalue weighted by molar-refractivity contribution is 5.34. The van der Waals surface area contributed by atoms with Crippen LogP contribution in [-0.4, -0.2) is 0 Å². The molecule has 0 amide bonds. The van der Waals surface area contributed by atoms with E-state index in [0.717, 1.165) is 11.8 Å². The van der Waals surface area contributed by atoms with E-state index in [1.165, 1.54) is 19.3 Å². The van der Waals surface area contributed by atoms with Crippen molar-refractivity contribution in [3.63, 3.8) is 0 Å². The highest BCUT2D eigenvalue weighted by Crippen LogP contribution is 2.60. The lowest BCUT2D eigenvalue weighted by molar-refractivity contribution is 0.109. The summed E-state index contributed by atoms with van der Waals surface area (Å²) in [7, 11) is 0. The van der Waals surface area contributed by atoms with E-state index in [0.29, 0.717) is 5.41 Å². The second-order valence-corrected chi connectivity index (χ2v) is 5.24. The Kier molecular flexibility index (Phi) is 1.90. The first-order chi connectivity index (χ1) is 6.07. The van der Waals surface area contributed by atoms with Crippen LogP contribution in [0.1, 0.15) is 40.0 Å². The second kappa shape index (κ2) is 2.73. The summed E-state index contributed by atoms with van der Waals surface area (Å²) in [6, 6.07) is 0. The second-order valence-electron chi connectivity index (χ2n) is 5.24. The van der Waals surface area contributed by atoms with Crippen molar-refractivity contribution >= 4 is 0 Å². The highest BCUT2D eigenvalue weighted by Gasteiger charge is 2.48. The van der Waals surface area contributed by atoms with Gasteiger partial charge in [-0.25, -0.2) is 0 Å². The van der Waals surface area contributed by atoms with Crippen molar-refractivity contribution in [3.05, 3.63) is 23.8 Å². The van der Waals surface area contributed by atoms with Crippen molar-refractivity contribution in [1.29, 1.82) is 0 Å². The van der Waals surface area contributed by atoms with Gasteiger partial charge in [0.15, 0.2) is 0 Å². The maximum absolute atomic E-state index is 3.84. The molecule has 0 aromatic rings. The lowest BCUT2D eigenvalue weighted by Crippen LogP contribution is -2.44. The average Bonchev–Trinajstić information content (AvgIpc) is 2.08. The van der Waals surface area contributed by atoms with Crippen LogP contribution in [0, 0.1) is 17.3 Å². The van der Waals surface area contributed by atoms with Crippen molar-refractivity contribution in [1.82, 2.24) is 0 Å². The molecule has 0 nitrogen and oxygen atoms in total. The quantitative estimate of drug-likeness (QED) is 0.559. The Bertz CT molecular complexity index is 268. The Balaban J connectivity index is 2.26. The number of rotatable bonds is 2. The van der Waals surface area contributed by atoms with E-state index in [4.69, 9.17) is 0 Å². The van der Waals surface area contributed by atoms with Gasteiger partial charge in [-0.3, -0.25) is 0 Å². The van der Waals surface area contributed by atoms with Crippen molar-refractivity contribution < 1.29 is 0 Å². The van der Waals surface area contributed by atoms with Gasteiger partial charge in [0.1, 0.15) is 0 Å². The molecule has 0 spiro atoms. The zero-order valence-corrected chi connectivity index (χ0v) is 9.06. The van der Waals surface area contributed by atoms with Crippen molar-refractivity contribution in [2.75, 3.05) is 0 Å². The standard InChI is InChI=1S/C13H20/c1-5-6-10-7-11-8-12(9(10)2)13(11,3)4/h5,10-11H,1,6-8H2,2-4H3. The summed E-state index contributed by atoms with van der Waals surface area (Å²) in [6.45, 7) is 11.0. The molecule has 0 N–H and O–H groups in total. The molecule has 0 aromatic carbocycles. The van der Waals surface area contributed by atoms with Crippen molar-refractivity contribution in [3.8, 4) is 0 Å². The molecule has 72 valence electrons. The Morgan fingerprint density at radius 2 is 2.23 bits per heavy atom. The topological polar surface area (TPSA) is 0 Å². The Morgan fingerprint density at radius 3 is 2.69 bits per heavy atom. The molecule has 0 saturated heterocycles. The Morgan fingerprint density at radius 1 is 1.54 bits per heavy atom. The molecule has 2 bridgehead atoms. The molecule has 2 unspecified atom stereocenters. The smallest absolute Gasteiger partial charge is 0.0110 e. The SMILES string of the molecule is C=CCC1CC2CC(=C1C)C2(C)C. The molecule has 2 atom stereocenters. The minimum atomic E-state index is 0.530. The maximum atomic E-state index is 3.84.